The van der Waals surface area contributed by atoms with E-state index in [2.05, 4.69) is 0 Å². The number of alkyl halides is 1. The molecule has 274 valence electrons. The minimum absolute atomic E-state index is 0.113. The van der Waals surface area contributed by atoms with Crippen molar-refractivity contribution in [1.29, 1.82) is 0 Å². The summed E-state index contributed by atoms with van der Waals surface area (Å²) in [4.78, 5) is 52.6. The van der Waals surface area contributed by atoms with E-state index in [-0.39, 0.29) is 6.42 Å². The molecule has 0 amide bonds. The molecular formula is C34H48ClNO13. The molecule has 5 saturated carbocycles. The van der Waals surface area contributed by atoms with Gasteiger partial charge in [-0.1, -0.05) is 20.8 Å². The highest BCUT2D eigenvalue weighted by atomic mass is 35.5. The van der Waals surface area contributed by atoms with Gasteiger partial charge in [0.25, 0.3) is 0 Å². The van der Waals surface area contributed by atoms with Gasteiger partial charge in [0.05, 0.1) is 29.1 Å². The number of hydrogen-bond acceptors (Lipinski definition) is 14. The van der Waals surface area contributed by atoms with E-state index in [1.165, 1.54) is 27.7 Å². The maximum atomic E-state index is 13.4. The van der Waals surface area contributed by atoms with Crippen LogP contribution in [0.4, 0.5) is 0 Å². The van der Waals surface area contributed by atoms with E-state index >= 15 is 0 Å². The van der Waals surface area contributed by atoms with Gasteiger partial charge in [-0.2, -0.15) is 0 Å². The first kappa shape index (κ1) is 35.3. The summed E-state index contributed by atoms with van der Waals surface area (Å²) < 4.78 is 30.7. The summed E-state index contributed by atoms with van der Waals surface area (Å²) in [5.74, 6) is -10.2. The Morgan fingerprint density at radius 2 is 1.41 bits per heavy atom. The lowest BCUT2D eigenvalue weighted by molar-refractivity contribution is -0.293. The molecule has 3 unspecified atom stereocenters. The molecule has 14 nitrogen and oxygen atoms in total. The summed E-state index contributed by atoms with van der Waals surface area (Å²) in [5, 5.41) is 46.6. The summed E-state index contributed by atoms with van der Waals surface area (Å²) in [7, 11) is 0. The topological polar surface area (TPSA) is 225 Å². The third-order valence-electron chi connectivity index (χ3n) is 14.8. The van der Waals surface area contributed by atoms with Gasteiger partial charge in [0.1, 0.15) is 24.4 Å². The highest BCUT2D eigenvalue weighted by Crippen LogP contribution is 2.81. The molecule has 7 aliphatic rings. The molecule has 0 aromatic heterocycles. The number of nitrogens with two attached hydrogens (primary N) is 1. The molecule has 1 spiro atoms. The lowest BCUT2D eigenvalue weighted by Gasteiger charge is -2.68. The molecule has 5 aliphatic carbocycles. The third kappa shape index (κ3) is 3.94. The van der Waals surface area contributed by atoms with Crippen LogP contribution < -0.4 is 5.73 Å². The van der Waals surface area contributed by atoms with Gasteiger partial charge in [-0.3, -0.25) is 14.4 Å². The average Bonchev–Trinajstić information content (AvgIpc) is 3.64. The molecule has 7 fully saturated rings. The maximum absolute atomic E-state index is 13.4. The standard InChI is InChI=1S/C34H48ClNO13/c1-10-17-20(32(7)33(8,44)29(43)49-34(32)27(10)48-34)24(45-11(2)37)18-16-19(25(46-12(3)38)28(31(17,18)6)47-13(4)39)30(5)14(21(36)23(16)41)9-15(35)22(40)26(30)42/h10,14-28,40-42,44H,9,36H2,1-8H3/t10-,14+,15+,16?,17-,18+,19?,20?,21-,22-,23+,24+,25-,26-,27+,28-,30-,31+,32-,33+,34-/m0/s1. The second kappa shape index (κ2) is 10.5. The molecule has 21 atom stereocenters. The van der Waals surface area contributed by atoms with Crippen molar-refractivity contribution < 1.29 is 63.3 Å². The van der Waals surface area contributed by atoms with Crippen molar-refractivity contribution in [3.05, 3.63) is 0 Å². The van der Waals surface area contributed by atoms with Crippen LogP contribution in [-0.2, 0) is 42.9 Å². The highest BCUT2D eigenvalue weighted by Gasteiger charge is 2.93. The molecule has 2 heterocycles. The van der Waals surface area contributed by atoms with Crippen molar-refractivity contribution in [2.45, 2.75) is 127 Å². The quantitative estimate of drug-likeness (QED) is 0.113. The average molecular weight is 714 g/mol. The van der Waals surface area contributed by atoms with Crippen LogP contribution >= 0.6 is 11.6 Å². The molecule has 2 saturated heterocycles. The van der Waals surface area contributed by atoms with E-state index in [4.69, 9.17) is 41.0 Å². The van der Waals surface area contributed by atoms with Gasteiger partial charge >= 0.3 is 23.9 Å². The normalized spacial score (nSPS) is 59.5. The first-order chi connectivity index (χ1) is 22.6. The van der Waals surface area contributed by atoms with E-state index in [1.54, 1.807) is 13.8 Å². The van der Waals surface area contributed by atoms with Crippen molar-refractivity contribution in [2.75, 3.05) is 0 Å². The number of aliphatic hydroxyl groups is 4. The SMILES string of the molecule is CC(=O)O[C@H]1C2[C@H]([C@H](C)[C@H]3O[C@]34OC(=O)[C@@](C)(O)[C@]24C)[C@]2(C)[C@@H]1C1C([C@H](OC(C)=O)[C@@H]2OC(C)=O)[C@]2(C)[C@H](C[C@@H](Cl)[C@H](O)[C@@H]2O)[C@H](N)[C@@H]1O. The lowest BCUT2D eigenvalue weighted by Crippen LogP contribution is -2.77. The Morgan fingerprint density at radius 1 is 0.857 bits per heavy atom. The Morgan fingerprint density at radius 3 is 1.98 bits per heavy atom. The smallest absolute Gasteiger partial charge is 0.341 e. The largest absolute Gasteiger partial charge is 0.462 e. The zero-order valence-electron chi connectivity index (χ0n) is 28.9. The van der Waals surface area contributed by atoms with Gasteiger partial charge in [-0.05, 0) is 38.0 Å². The molecule has 6 N–H and O–H groups in total. The molecule has 7 rings (SSSR count). The summed E-state index contributed by atoms with van der Waals surface area (Å²) in [6.45, 7) is 12.1. The van der Waals surface area contributed by atoms with Crippen molar-refractivity contribution in [2.24, 2.45) is 63.4 Å². The Labute approximate surface area is 289 Å². The van der Waals surface area contributed by atoms with E-state index in [0.29, 0.717) is 0 Å². The second-order valence-electron chi connectivity index (χ2n) is 16.7. The Bertz CT molecular complexity index is 1490. The highest BCUT2D eigenvalue weighted by molar-refractivity contribution is 6.21. The molecule has 0 radical (unpaired) electrons. The van der Waals surface area contributed by atoms with Crippen LogP contribution in [0, 0.1) is 57.7 Å². The molecule has 0 aromatic rings. The Kier molecular flexibility index (Phi) is 7.58. The Hall–Kier alpha value is -2.07. The number of aliphatic hydroxyl groups excluding tert-OH is 3. The monoisotopic (exact) mass is 713 g/mol. The summed E-state index contributed by atoms with van der Waals surface area (Å²) in [5.41, 5.74) is 0.561. The van der Waals surface area contributed by atoms with Gasteiger partial charge < -0.3 is 49.8 Å². The van der Waals surface area contributed by atoms with E-state index in [1.807, 2.05) is 13.8 Å². The zero-order valence-corrected chi connectivity index (χ0v) is 29.6. The van der Waals surface area contributed by atoms with Gasteiger partial charge in [0.15, 0.2) is 5.60 Å². The number of carbonyl (C=O) groups is 4. The van der Waals surface area contributed by atoms with Crippen molar-refractivity contribution in [3.63, 3.8) is 0 Å². The number of epoxide rings is 1. The summed E-state index contributed by atoms with van der Waals surface area (Å²) >= 11 is 6.53. The van der Waals surface area contributed by atoms with Crippen LogP contribution in [0.1, 0.15) is 61.8 Å². The fourth-order valence-electron chi connectivity index (χ4n) is 12.9. The fourth-order valence-corrected chi connectivity index (χ4v) is 13.2. The van der Waals surface area contributed by atoms with Crippen LogP contribution in [0.2, 0.25) is 0 Å². The van der Waals surface area contributed by atoms with Crippen LogP contribution in [0.25, 0.3) is 0 Å². The molecule has 0 bridgehead atoms. The van der Waals surface area contributed by atoms with Crippen LogP contribution in [-0.4, -0.2) is 110 Å². The fraction of sp³-hybridized carbons (Fsp3) is 0.882. The molecule has 0 aromatic carbocycles. The zero-order chi connectivity index (χ0) is 36.3. The van der Waals surface area contributed by atoms with Gasteiger partial charge in [0, 0.05) is 61.3 Å². The van der Waals surface area contributed by atoms with Crippen LogP contribution in [0.15, 0.2) is 0 Å². The third-order valence-corrected chi connectivity index (χ3v) is 15.2. The minimum atomic E-state index is -2.13. The van der Waals surface area contributed by atoms with Gasteiger partial charge in [-0.15, -0.1) is 11.6 Å². The number of hydrogen-bond donors (Lipinski definition) is 5. The second-order valence-corrected chi connectivity index (χ2v) is 17.2. The van der Waals surface area contributed by atoms with Gasteiger partial charge in [0.2, 0.25) is 5.79 Å². The number of esters is 4. The van der Waals surface area contributed by atoms with Crippen molar-refractivity contribution >= 4 is 35.5 Å². The van der Waals surface area contributed by atoms with Crippen molar-refractivity contribution in [1.82, 2.24) is 0 Å². The molecule has 15 heteroatoms. The predicted molar refractivity (Wildman–Crippen MR) is 166 cm³/mol. The van der Waals surface area contributed by atoms with E-state index in [0.717, 1.165) is 0 Å². The van der Waals surface area contributed by atoms with Crippen LogP contribution in [0.3, 0.4) is 0 Å². The van der Waals surface area contributed by atoms with Gasteiger partial charge in [-0.25, -0.2) is 4.79 Å². The van der Waals surface area contributed by atoms with E-state index in [9.17, 15) is 39.6 Å². The molecule has 2 aliphatic heterocycles. The minimum Gasteiger partial charge on any atom is -0.462 e. The number of carbonyl (C=O) groups excluding carboxylic acids is 4. The molecule has 49 heavy (non-hydrogen) atoms. The number of rotatable bonds is 3. The number of fused-ring (bicyclic) bond motifs is 8. The number of halogens is 1. The first-order valence-corrected chi connectivity index (χ1v) is 17.6. The maximum Gasteiger partial charge on any atom is 0.341 e. The molecular weight excluding hydrogens is 666 g/mol. The summed E-state index contributed by atoms with van der Waals surface area (Å²) in [6, 6.07) is -1.00. The predicted octanol–water partition coefficient (Wildman–Crippen LogP) is 0.0121. The first-order valence-electron chi connectivity index (χ1n) is 17.2. The number of ether oxygens (including phenoxy) is 5. The van der Waals surface area contributed by atoms with Crippen molar-refractivity contribution in [3.8, 4) is 0 Å². The summed E-state index contributed by atoms with van der Waals surface area (Å²) in [6.07, 6.45) is -8.56. The lowest BCUT2D eigenvalue weighted by atomic mass is 9.40. The van der Waals surface area contributed by atoms with Crippen LogP contribution in [0.5, 0.6) is 0 Å². The van der Waals surface area contributed by atoms with E-state index < -0.39 is 147 Å². The Balaban J connectivity index is 1.54.